The van der Waals surface area contributed by atoms with E-state index in [2.05, 4.69) is 5.32 Å². The quantitative estimate of drug-likeness (QED) is 0.787. The average Bonchev–Trinajstić information content (AvgIpc) is 2.59. The van der Waals surface area contributed by atoms with Gasteiger partial charge in [0, 0.05) is 18.0 Å². The Morgan fingerprint density at radius 3 is 2.48 bits per heavy atom. The van der Waals surface area contributed by atoms with Crippen LogP contribution in [0.3, 0.4) is 0 Å². The van der Waals surface area contributed by atoms with Gasteiger partial charge in [-0.25, -0.2) is 13.2 Å². The molecule has 1 amide bonds. The van der Waals surface area contributed by atoms with Gasteiger partial charge in [0.2, 0.25) is 0 Å². The average molecular weight is 363 g/mol. The van der Waals surface area contributed by atoms with Gasteiger partial charge in [0.05, 0.1) is 17.6 Å². The third-order valence-electron chi connectivity index (χ3n) is 3.19. The van der Waals surface area contributed by atoms with Gasteiger partial charge in [-0.05, 0) is 30.3 Å². The summed E-state index contributed by atoms with van der Waals surface area (Å²) in [5, 5.41) is 2.57. The molecule has 7 nitrogen and oxygen atoms in total. The molecule has 1 N–H and O–H groups in total. The molecular weight excluding hydrogens is 346 g/mol. The third kappa shape index (κ3) is 5.32. The summed E-state index contributed by atoms with van der Waals surface area (Å²) < 4.78 is 33.0. The third-order valence-corrected chi connectivity index (χ3v) is 4.30. The van der Waals surface area contributed by atoms with Crippen molar-refractivity contribution in [2.24, 2.45) is 0 Å². The van der Waals surface area contributed by atoms with Gasteiger partial charge < -0.3 is 14.8 Å². The van der Waals surface area contributed by atoms with E-state index in [1.54, 1.807) is 24.3 Å². The van der Waals surface area contributed by atoms with Gasteiger partial charge in [0.25, 0.3) is 5.91 Å². The van der Waals surface area contributed by atoms with Gasteiger partial charge in [0.1, 0.15) is 5.75 Å². The normalized spacial score (nSPS) is 10.8. The lowest BCUT2D eigenvalue weighted by Crippen LogP contribution is -2.21. The maximum absolute atomic E-state index is 12.0. The van der Waals surface area contributed by atoms with Crippen LogP contribution in [0.15, 0.2) is 53.4 Å². The number of methoxy groups -OCH3 is 1. The maximum atomic E-state index is 12.0. The fourth-order valence-electron chi connectivity index (χ4n) is 1.97. The van der Waals surface area contributed by atoms with Crippen molar-refractivity contribution < 1.29 is 27.5 Å². The van der Waals surface area contributed by atoms with Crippen molar-refractivity contribution in [3.8, 4) is 5.75 Å². The van der Waals surface area contributed by atoms with Crippen molar-refractivity contribution in [2.75, 3.05) is 25.3 Å². The van der Waals surface area contributed by atoms with Crippen molar-refractivity contribution >= 4 is 27.4 Å². The lowest BCUT2D eigenvalue weighted by atomic mass is 10.2. The number of carbonyl (C=O) groups excluding carboxylic acids is 2. The summed E-state index contributed by atoms with van der Waals surface area (Å²) in [5.41, 5.74) is 0.552. The lowest BCUT2D eigenvalue weighted by molar-refractivity contribution is -0.119. The SMILES string of the molecule is COc1cccc(NC(=O)COC(=O)c2cccc(S(C)(=O)=O)c2)c1. The molecule has 2 rings (SSSR count). The molecule has 2 aromatic rings. The minimum atomic E-state index is -3.44. The van der Waals surface area contributed by atoms with Gasteiger partial charge in [-0.15, -0.1) is 0 Å². The van der Waals surface area contributed by atoms with E-state index in [1.807, 2.05) is 0 Å². The van der Waals surface area contributed by atoms with E-state index >= 15 is 0 Å². The Labute approximate surface area is 145 Å². The maximum Gasteiger partial charge on any atom is 0.338 e. The number of benzene rings is 2. The number of anilines is 1. The summed E-state index contributed by atoms with van der Waals surface area (Å²) in [6.45, 7) is -0.501. The standard InChI is InChI=1S/C17H17NO6S/c1-23-14-7-4-6-13(10-14)18-16(19)11-24-17(20)12-5-3-8-15(9-12)25(2,21)22/h3-10H,11H2,1-2H3,(H,18,19). The Balaban J connectivity index is 1.96. The molecule has 8 heteroatoms. The van der Waals surface area contributed by atoms with Crippen LogP contribution < -0.4 is 10.1 Å². The zero-order valence-electron chi connectivity index (χ0n) is 13.7. The molecule has 0 heterocycles. The molecular formula is C17H17NO6S. The van der Waals surface area contributed by atoms with Crippen molar-refractivity contribution in [2.45, 2.75) is 4.90 Å². The second-order valence-corrected chi connectivity index (χ2v) is 7.17. The highest BCUT2D eigenvalue weighted by molar-refractivity contribution is 7.90. The molecule has 132 valence electrons. The zero-order valence-corrected chi connectivity index (χ0v) is 14.5. The zero-order chi connectivity index (χ0) is 18.4. The number of hydrogen-bond donors (Lipinski definition) is 1. The summed E-state index contributed by atoms with van der Waals surface area (Å²) in [4.78, 5) is 23.8. The smallest absolute Gasteiger partial charge is 0.338 e. The molecule has 0 fully saturated rings. The Hall–Kier alpha value is -2.87. The van der Waals surface area contributed by atoms with Crippen LogP contribution in [0, 0.1) is 0 Å². The van der Waals surface area contributed by atoms with Crippen LogP contribution in [0.1, 0.15) is 10.4 Å². The molecule has 0 unspecified atom stereocenters. The summed E-state index contributed by atoms with van der Waals surface area (Å²) >= 11 is 0. The molecule has 25 heavy (non-hydrogen) atoms. The van der Waals surface area contributed by atoms with E-state index in [-0.39, 0.29) is 10.5 Å². The molecule has 0 aromatic heterocycles. The molecule has 0 saturated heterocycles. The van der Waals surface area contributed by atoms with E-state index in [0.29, 0.717) is 11.4 Å². The van der Waals surface area contributed by atoms with Crippen molar-refractivity contribution in [1.29, 1.82) is 0 Å². The minimum absolute atomic E-state index is 0.00258. The number of nitrogens with one attached hydrogen (secondary N) is 1. The molecule has 0 atom stereocenters. The van der Waals surface area contributed by atoms with Gasteiger partial charge in [-0.2, -0.15) is 0 Å². The number of rotatable bonds is 6. The Bertz CT molecular complexity index is 892. The number of esters is 1. The van der Waals surface area contributed by atoms with Crippen LogP contribution in [0.4, 0.5) is 5.69 Å². The van der Waals surface area contributed by atoms with E-state index in [0.717, 1.165) is 6.26 Å². The van der Waals surface area contributed by atoms with Gasteiger partial charge in [-0.3, -0.25) is 4.79 Å². The fourth-order valence-corrected chi connectivity index (χ4v) is 2.63. The number of sulfone groups is 1. The van der Waals surface area contributed by atoms with Gasteiger partial charge >= 0.3 is 5.97 Å². The summed E-state index contributed by atoms with van der Waals surface area (Å²) in [5.74, 6) is -0.737. The molecule has 0 spiro atoms. The van der Waals surface area contributed by atoms with Crippen LogP contribution in [0.2, 0.25) is 0 Å². The minimum Gasteiger partial charge on any atom is -0.497 e. The van der Waals surface area contributed by atoms with E-state index in [4.69, 9.17) is 9.47 Å². The predicted molar refractivity (Wildman–Crippen MR) is 91.5 cm³/mol. The molecule has 0 aliphatic carbocycles. The fraction of sp³-hybridized carbons (Fsp3) is 0.176. The number of carbonyl (C=O) groups is 2. The van der Waals surface area contributed by atoms with Crippen LogP contribution in [-0.4, -0.2) is 40.3 Å². The highest BCUT2D eigenvalue weighted by Crippen LogP contribution is 2.16. The largest absolute Gasteiger partial charge is 0.497 e. The Kier molecular flexibility index (Phi) is 5.76. The van der Waals surface area contributed by atoms with Crippen molar-refractivity contribution in [3.05, 3.63) is 54.1 Å². The van der Waals surface area contributed by atoms with Crippen LogP contribution in [0.5, 0.6) is 5.75 Å². The topological polar surface area (TPSA) is 98.8 Å². The van der Waals surface area contributed by atoms with Crippen molar-refractivity contribution in [3.63, 3.8) is 0 Å². The lowest BCUT2D eigenvalue weighted by Gasteiger charge is -2.08. The first-order valence-corrected chi connectivity index (χ1v) is 9.10. The summed E-state index contributed by atoms with van der Waals surface area (Å²) in [7, 11) is -1.93. The second kappa shape index (κ2) is 7.80. The van der Waals surface area contributed by atoms with E-state index in [1.165, 1.54) is 31.4 Å². The predicted octanol–water partition coefficient (Wildman–Crippen LogP) is 1.89. The molecule has 2 aromatic carbocycles. The molecule has 0 bridgehead atoms. The van der Waals surface area contributed by atoms with Crippen molar-refractivity contribution in [1.82, 2.24) is 0 Å². The number of ether oxygens (including phenoxy) is 2. The summed E-state index contributed by atoms with van der Waals surface area (Å²) in [6, 6.07) is 12.1. The highest BCUT2D eigenvalue weighted by Gasteiger charge is 2.14. The van der Waals surface area contributed by atoms with Crippen LogP contribution in [0.25, 0.3) is 0 Å². The molecule has 0 radical (unpaired) electrons. The van der Waals surface area contributed by atoms with Crippen LogP contribution in [-0.2, 0) is 19.4 Å². The molecule has 0 aliphatic heterocycles. The number of amides is 1. The first-order chi connectivity index (χ1) is 11.8. The second-order valence-electron chi connectivity index (χ2n) is 5.16. The van der Waals surface area contributed by atoms with Gasteiger partial charge in [0.15, 0.2) is 16.4 Å². The monoisotopic (exact) mass is 363 g/mol. The molecule has 0 saturated carbocycles. The Morgan fingerprint density at radius 1 is 1.08 bits per heavy atom. The molecule has 0 aliphatic rings. The van der Waals surface area contributed by atoms with Gasteiger partial charge in [-0.1, -0.05) is 12.1 Å². The highest BCUT2D eigenvalue weighted by atomic mass is 32.2. The van der Waals surface area contributed by atoms with Crippen LogP contribution >= 0.6 is 0 Å². The first-order valence-electron chi connectivity index (χ1n) is 7.21. The van der Waals surface area contributed by atoms with E-state index < -0.39 is 28.3 Å². The first kappa shape index (κ1) is 18.5. The number of hydrogen-bond acceptors (Lipinski definition) is 6. The van der Waals surface area contributed by atoms with E-state index in [9.17, 15) is 18.0 Å². The summed E-state index contributed by atoms with van der Waals surface area (Å²) in [6.07, 6.45) is 1.04. The Morgan fingerprint density at radius 2 is 1.80 bits per heavy atom.